The maximum absolute atomic E-state index is 12.4. The molecule has 0 saturated heterocycles. The number of hydrogen-bond acceptors (Lipinski definition) is 3. The summed E-state index contributed by atoms with van der Waals surface area (Å²) in [7, 11) is 0. The fourth-order valence-electron chi connectivity index (χ4n) is 2.99. The van der Waals surface area contributed by atoms with E-state index in [1.807, 2.05) is 45.2 Å². The van der Waals surface area contributed by atoms with Gasteiger partial charge in [-0.2, -0.15) is 4.79 Å². The van der Waals surface area contributed by atoms with Crippen molar-refractivity contribution in [2.45, 2.75) is 51.7 Å². The molecule has 0 saturated carbocycles. The number of ether oxygens (including phenoxy) is 1. The molecule has 0 spiro atoms. The number of carbonyl (C=O) groups excluding carboxylic acids is 1. The zero-order chi connectivity index (χ0) is 16.6. The van der Waals surface area contributed by atoms with Crippen molar-refractivity contribution >= 4 is 23.7 Å². The van der Waals surface area contributed by atoms with Gasteiger partial charge in [0.2, 0.25) is 6.04 Å². The van der Waals surface area contributed by atoms with Gasteiger partial charge >= 0.3 is 6.09 Å². The van der Waals surface area contributed by atoms with Crippen LogP contribution in [0.5, 0.6) is 0 Å². The molecular weight excluding hydrogens is 288 g/mol. The third-order valence-corrected chi connectivity index (χ3v) is 3.97. The second-order valence-electron chi connectivity index (χ2n) is 6.93. The van der Waals surface area contributed by atoms with Crippen molar-refractivity contribution in [1.82, 2.24) is 0 Å². The minimum atomic E-state index is -0.500. The first-order valence-electron chi connectivity index (χ1n) is 7.89. The van der Waals surface area contributed by atoms with Crippen LogP contribution in [0, 0.1) is 12.3 Å². The first kappa shape index (κ1) is 15.5. The smallest absolute Gasteiger partial charge is 0.406 e. The quantitative estimate of drug-likeness (QED) is 0.589. The van der Waals surface area contributed by atoms with Crippen molar-refractivity contribution in [3.63, 3.8) is 0 Å². The van der Waals surface area contributed by atoms with Crippen LogP contribution in [0.4, 0.5) is 10.5 Å². The number of benzene rings is 1. The molecule has 23 heavy (non-hydrogen) atoms. The average molecular weight is 309 g/mol. The summed E-state index contributed by atoms with van der Waals surface area (Å²) in [6.07, 6.45) is 9.55. The minimum absolute atomic E-state index is 0.0217. The summed E-state index contributed by atoms with van der Waals surface area (Å²) in [6.45, 7) is 5.63. The van der Waals surface area contributed by atoms with Crippen LogP contribution >= 0.6 is 0 Å². The highest BCUT2D eigenvalue weighted by atomic mass is 16.6. The molecule has 1 atom stereocenters. The number of amides is 1. The van der Waals surface area contributed by atoms with E-state index >= 15 is 0 Å². The Morgan fingerprint density at radius 2 is 2.22 bits per heavy atom. The normalized spacial score (nSPS) is 19.7. The number of aliphatic imine (C=N–C) groups is 1. The van der Waals surface area contributed by atoms with Gasteiger partial charge in [0.05, 0.1) is 11.4 Å². The molecule has 2 aliphatic heterocycles. The molecular formula is C19H21N2O2+. The van der Waals surface area contributed by atoms with Crippen molar-refractivity contribution in [3.8, 4) is 12.3 Å². The van der Waals surface area contributed by atoms with Crippen LogP contribution in [0.25, 0.3) is 0 Å². The number of fused-ring (bicyclic) bond motifs is 1. The van der Waals surface area contributed by atoms with Gasteiger partial charge in [-0.3, -0.25) is 4.99 Å². The monoisotopic (exact) mass is 309 g/mol. The molecule has 0 N–H and O–H groups in total. The second kappa shape index (κ2) is 5.66. The highest BCUT2D eigenvalue weighted by Gasteiger charge is 2.40. The fourth-order valence-corrected chi connectivity index (χ4v) is 2.99. The van der Waals surface area contributed by atoms with E-state index in [0.717, 1.165) is 41.8 Å². The van der Waals surface area contributed by atoms with E-state index in [2.05, 4.69) is 5.92 Å². The Morgan fingerprint density at radius 1 is 1.43 bits per heavy atom. The van der Waals surface area contributed by atoms with Gasteiger partial charge in [0.15, 0.2) is 6.21 Å². The molecule has 0 fully saturated rings. The lowest BCUT2D eigenvalue weighted by Gasteiger charge is -2.18. The molecule has 4 nitrogen and oxygen atoms in total. The third kappa shape index (κ3) is 3.19. The van der Waals surface area contributed by atoms with E-state index in [1.54, 1.807) is 4.58 Å². The highest BCUT2D eigenvalue weighted by molar-refractivity contribution is 5.98. The Hall–Kier alpha value is -2.41. The minimum Gasteiger partial charge on any atom is -0.406 e. The fraction of sp³-hybridized carbons (Fsp3) is 0.421. The Morgan fingerprint density at radius 3 is 2.91 bits per heavy atom. The molecule has 4 heteroatoms. The molecule has 0 unspecified atom stereocenters. The molecule has 2 heterocycles. The summed E-state index contributed by atoms with van der Waals surface area (Å²) < 4.78 is 7.19. The topological polar surface area (TPSA) is 41.7 Å². The van der Waals surface area contributed by atoms with Crippen molar-refractivity contribution in [2.24, 2.45) is 4.99 Å². The Balaban J connectivity index is 1.80. The maximum Gasteiger partial charge on any atom is 0.597 e. The van der Waals surface area contributed by atoms with E-state index in [4.69, 9.17) is 16.2 Å². The van der Waals surface area contributed by atoms with E-state index in [9.17, 15) is 4.79 Å². The second-order valence-corrected chi connectivity index (χ2v) is 6.93. The molecule has 2 aliphatic rings. The van der Waals surface area contributed by atoms with Crippen LogP contribution < -0.4 is 0 Å². The SMILES string of the molecule is C#Cc1ccc2c(c1)CC([C@@H]1CCC=[N+]1C(=O)OC(C)(C)C)=N2. The van der Waals surface area contributed by atoms with Gasteiger partial charge in [-0.1, -0.05) is 5.92 Å². The van der Waals surface area contributed by atoms with Crippen LogP contribution in [0.3, 0.4) is 0 Å². The van der Waals surface area contributed by atoms with Crippen LogP contribution in [0.2, 0.25) is 0 Å². The first-order chi connectivity index (χ1) is 10.9. The summed E-state index contributed by atoms with van der Waals surface area (Å²) in [6, 6.07) is 5.83. The molecule has 1 amide bonds. The van der Waals surface area contributed by atoms with Gasteiger partial charge in [-0.15, -0.1) is 11.0 Å². The number of terminal acetylenes is 1. The van der Waals surface area contributed by atoms with Crippen molar-refractivity contribution < 1.29 is 14.1 Å². The van der Waals surface area contributed by atoms with Gasteiger partial charge < -0.3 is 4.74 Å². The molecule has 0 aliphatic carbocycles. The van der Waals surface area contributed by atoms with Crippen molar-refractivity contribution in [1.29, 1.82) is 0 Å². The lowest BCUT2D eigenvalue weighted by atomic mass is 10.0. The van der Waals surface area contributed by atoms with Crippen LogP contribution in [0.1, 0.15) is 44.7 Å². The molecule has 0 radical (unpaired) electrons. The zero-order valence-electron chi connectivity index (χ0n) is 13.8. The Bertz CT molecular complexity index is 761. The average Bonchev–Trinajstić information content (AvgIpc) is 3.10. The van der Waals surface area contributed by atoms with Gasteiger partial charge in [0.1, 0.15) is 5.60 Å². The standard InChI is InChI=1S/C19H21N2O2/c1-5-13-8-9-15-14(11-13)12-16(20-15)17-7-6-10-21(17)18(22)23-19(2,3)4/h1,8-11,17H,6-7,12H2,2-4H3/q+1/t17-/m0/s1. The number of nitrogens with zero attached hydrogens (tertiary/aromatic N) is 2. The van der Waals surface area contributed by atoms with E-state index in [1.165, 1.54) is 0 Å². The Kier molecular flexibility index (Phi) is 3.81. The van der Waals surface area contributed by atoms with E-state index < -0.39 is 5.60 Å². The van der Waals surface area contributed by atoms with E-state index in [0.29, 0.717) is 0 Å². The number of rotatable bonds is 1. The van der Waals surface area contributed by atoms with Gasteiger partial charge in [-0.25, -0.2) is 0 Å². The maximum atomic E-state index is 12.4. The number of hydrogen-bond donors (Lipinski definition) is 0. The summed E-state index contributed by atoms with van der Waals surface area (Å²) in [5.74, 6) is 2.65. The summed E-state index contributed by atoms with van der Waals surface area (Å²) in [5, 5.41) is 0. The lowest BCUT2D eigenvalue weighted by molar-refractivity contribution is -0.460. The molecule has 1 aromatic carbocycles. The van der Waals surface area contributed by atoms with Crippen LogP contribution in [0.15, 0.2) is 23.2 Å². The van der Waals surface area contributed by atoms with Crippen molar-refractivity contribution in [3.05, 3.63) is 29.3 Å². The lowest BCUT2D eigenvalue weighted by Crippen LogP contribution is -2.38. The summed E-state index contributed by atoms with van der Waals surface area (Å²) in [5.41, 5.74) is 3.46. The largest absolute Gasteiger partial charge is 0.597 e. The Labute approximate surface area is 136 Å². The van der Waals surface area contributed by atoms with Crippen LogP contribution in [-0.2, 0) is 11.2 Å². The highest BCUT2D eigenvalue weighted by Crippen LogP contribution is 2.30. The predicted octanol–water partition coefficient (Wildman–Crippen LogP) is 3.48. The summed E-state index contributed by atoms with van der Waals surface area (Å²) >= 11 is 0. The zero-order valence-corrected chi connectivity index (χ0v) is 13.8. The van der Waals surface area contributed by atoms with E-state index in [-0.39, 0.29) is 12.1 Å². The van der Waals surface area contributed by atoms with Crippen molar-refractivity contribution in [2.75, 3.05) is 0 Å². The molecule has 0 bridgehead atoms. The van der Waals surface area contributed by atoms with Crippen LogP contribution in [-0.4, -0.2) is 34.2 Å². The summed E-state index contributed by atoms with van der Waals surface area (Å²) in [4.78, 5) is 17.1. The number of carbonyl (C=O) groups is 1. The first-order valence-corrected chi connectivity index (χ1v) is 7.89. The predicted molar refractivity (Wildman–Crippen MR) is 90.8 cm³/mol. The van der Waals surface area contributed by atoms with Gasteiger partial charge in [0, 0.05) is 24.8 Å². The third-order valence-electron chi connectivity index (χ3n) is 3.97. The molecule has 118 valence electrons. The molecule has 0 aromatic heterocycles. The molecule has 3 rings (SSSR count). The van der Waals surface area contributed by atoms with Gasteiger partial charge in [0.25, 0.3) is 0 Å². The molecule has 1 aromatic rings. The van der Waals surface area contributed by atoms with Gasteiger partial charge in [-0.05, 0) is 44.5 Å².